The number of nitrogens with zero attached hydrogens (tertiary/aromatic N) is 5. The van der Waals surface area contributed by atoms with Gasteiger partial charge in [-0.1, -0.05) is 0 Å². The minimum Gasteiger partial charge on any atom is -0.471 e. The maximum absolute atomic E-state index is 13.1. The third-order valence-corrected chi connectivity index (χ3v) is 5.22. The van der Waals surface area contributed by atoms with Gasteiger partial charge in [0.2, 0.25) is 11.8 Å². The van der Waals surface area contributed by atoms with Crippen LogP contribution in [-0.4, -0.2) is 83.7 Å². The summed E-state index contributed by atoms with van der Waals surface area (Å²) in [7, 11) is 3.79. The van der Waals surface area contributed by atoms with E-state index in [2.05, 4.69) is 9.97 Å². The third kappa shape index (κ3) is 5.73. The van der Waals surface area contributed by atoms with Gasteiger partial charge >= 0.3 is 6.09 Å². The molecule has 3 rings (SSSR count). The Hall–Kier alpha value is -2.58. The number of hydrogen-bond donors (Lipinski definition) is 0. The van der Waals surface area contributed by atoms with Crippen molar-refractivity contribution in [3.63, 3.8) is 0 Å². The zero-order valence-electron chi connectivity index (χ0n) is 18.6. The van der Waals surface area contributed by atoms with Gasteiger partial charge in [0.05, 0.1) is 24.9 Å². The first-order valence-electron chi connectivity index (χ1n) is 10.5. The van der Waals surface area contributed by atoms with Crippen molar-refractivity contribution in [3.05, 3.63) is 12.4 Å². The maximum Gasteiger partial charge on any atom is 0.410 e. The molecule has 2 atom stereocenters. The minimum absolute atomic E-state index is 0.0856. The number of amides is 2. The summed E-state index contributed by atoms with van der Waals surface area (Å²) in [5.74, 6) is 1.08. The van der Waals surface area contributed by atoms with Crippen LogP contribution in [0.5, 0.6) is 5.88 Å². The number of piperidine rings is 1. The third-order valence-electron chi connectivity index (χ3n) is 5.22. The molecular formula is C21H33N5O4. The molecule has 0 bridgehead atoms. The minimum atomic E-state index is -0.541. The lowest BCUT2D eigenvalue weighted by Crippen LogP contribution is -2.47. The van der Waals surface area contributed by atoms with Gasteiger partial charge < -0.3 is 24.2 Å². The zero-order valence-corrected chi connectivity index (χ0v) is 18.6. The topological polar surface area (TPSA) is 88.1 Å². The molecule has 1 aromatic heterocycles. The highest BCUT2D eigenvalue weighted by Gasteiger charge is 2.36. The van der Waals surface area contributed by atoms with Crippen LogP contribution >= 0.6 is 0 Å². The molecule has 9 nitrogen and oxygen atoms in total. The molecule has 2 unspecified atom stereocenters. The molecule has 2 amide bonds. The molecule has 0 aliphatic carbocycles. The Kier molecular flexibility index (Phi) is 6.67. The molecule has 0 N–H and O–H groups in total. The van der Waals surface area contributed by atoms with Gasteiger partial charge in [-0.15, -0.1) is 0 Å². The van der Waals surface area contributed by atoms with Gasteiger partial charge in [0.15, 0.2) is 5.82 Å². The van der Waals surface area contributed by atoms with Gasteiger partial charge in [0, 0.05) is 40.2 Å². The summed E-state index contributed by atoms with van der Waals surface area (Å²) >= 11 is 0. The average molecular weight is 420 g/mol. The standard InChI is InChI=1S/C21H33N5O4/c1-21(2,3)30-20(28)26-9-6-7-15(13-26)19(27)25-10-8-16(14-25)29-18-12-22-11-17(23-18)24(4)5/h11-12,15-16H,6-10,13-14H2,1-5H3. The van der Waals surface area contributed by atoms with Gasteiger partial charge in [-0.05, 0) is 33.6 Å². The van der Waals surface area contributed by atoms with Crippen LogP contribution in [0.15, 0.2) is 12.4 Å². The maximum atomic E-state index is 13.1. The molecule has 2 saturated heterocycles. The van der Waals surface area contributed by atoms with Gasteiger partial charge in [0.25, 0.3) is 0 Å². The molecule has 0 saturated carbocycles. The number of hydrogen-bond acceptors (Lipinski definition) is 7. The summed E-state index contributed by atoms with van der Waals surface area (Å²) in [6.07, 6.45) is 5.16. The van der Waals surface area contributed by atoms with E-state index in [0.29, 0.717) is 32.1 Å². The number of carbonyl (C=O) groups excluding carboxylic acids is 2. The molecule has 0 spiro atoms. The molecule has 1 aromatic rings. The number of carbonyl (C=O) groups is 2. The van der Waals surface area contributed by atoms with Crippen LogP contribution in [0.3, 0.4) is 0 Å². The highest BCUT2D eigenvalue weighted by atomic mass is 16.6. The van der Waals surface area contributed by atoms with Crippen molar-refractivity contribution < 1.29 is 19.1 Å². The molecule has 166 valence electrons. The van der Waals surface area contributed by atoms with Crippen molar-refractivity contribution in [1.82, 2.24) is 19.8 Å². The first-order chi connectivity index (χ1) is 14.1. The molecule has 3 heterocycles. The van der Waals surface area contributed by atoms with E-state index in [-0.39, 0.29) is 24.0 Å². The van der Waals surface area contributed by atoms with E-state index in [1.54, 1.807) is 17.3 Å². The van der Waals surface area contributed by atoms with Crippen molar-refractivity contribution in [3.8, 4) is 5.88 Å². The largest absolute Gasteiger partial charge is 0.471 e. The lowest BCUT2D eigenvalue weighted by Gasteiger charge is -2.35. The second-order valence-corrected chi connectivity index (χ2v) is 9.19. The SMILES string of the molecule is CN(C)c1cncc(OC2CCN(C(=O)C3CCCN(C(=O)OC(C)(C)C)C3)C2)n1. The van der Waals surface area contributed by atoms with Crippen LogP contribution in [0.1, 0.15) is 40.0 Å². The molecule has 2 aliphatic heterocycles. The van der Waals surface area contributed by atoms with E-state index in [1.807, 2.05) is 44.7 Å². The van der Waals surface area contributed by atoms with Crippen LogP contribution in [0, 0.1) is 5.92 Å². The Morgan fingerprint density at radius 1 is 1.10 bits per heavy atom. The summed E-state index contributed by atoms with van der Waals surface area (Å²) in [5, 5.41) is 0. The Labute approximate surface area is 178 Å². The average Bonchev–Trinajstić information content (AvgIpc) is 3.15. The fraction of sp³-hybridized carbons (Fsp3) is 0.714. The van der Waals surface area contributed by atoms with Crippen LogP contribution in [-0.2, 0) is 9.53 Å². The lowest BCUT2D eigenvalue weighted by atomic mass is 9.97. The molecular weight excluding hydrogens is 386 g/mol. The normalized spacial score (nSPS) is 22.0. The number of rotatable bonds is 4. The van der Waals surface area contributed by atoms with E-state index >= 15 is 0 Å². The Morgan fingerprint density at radius 2 is 1.87 bits per heavy atom. The fourth-order valence-electron chi connectivity index (χ4n) is 3.74. The van der Waals surface area contributed by atoms with E-state index < -0.39 is 5.60 Å². The van der Waals surface area contributed by atoms with Crippen LogP contribution in [0.4, 0.5) is 10.6 Å². The lowest BCUT2D eigenvalue weighted by molar-refractivity contribution is -0.136. The summed E-state index contributed by atoms with van der Waals surface area (Å²) in [6.45, 7) is 7.75. The van der Waals surface area contributed by atoms with Crippen LogP contribution in [0.25, 0.3) is 0 Å². The first kappa shape index (κ1) is 22.1. The smallest absolute Gasteiger partial charge is 0.410 e. The Bertz CT molecular complexity index is 764. The predicted octanol–water partition coefficient (Wildman–Crippen LogP) is 2.17. The Balaban J connectivity index is 1.54. The predicted molar refractivity (Wildman–Crippen MR) is 113 cm³/mol. The quantitative estimate of drug-likeness (QED) is 0.739. The van der Waals surface area contributed by atoms with E-state index in [0.717, 1.165) is 25.1 Å². The van der Waals surface area contributed by atoms with Gasteiger partial charge in [-0.25, -0.2) is 4.79 Å². The highest BCUT2D eigenvalue weighted by molar-refractivity contribution is 5.80. The van der Waals surface area contributed by atoms with Crippen molar-refractivity contribution in [2.24, 2.45) is 5.92 Å². The van der Waals surface area contributed by atoms with Crippen molar-refractivity contribution in [1.29, 1.82) is 0 Å². The fourth-order valence-corrected chi connectivity index (χ4v) is 3.74. The molecule has 0 radical (unpaired) electrons. The van der Waals surface area contributed by atoms with Crippen LogP contribution in [0.2, 0.25) is 0 Å². The second-order valence-electron chi connectivity index (χ2n) is 9.19. The summed E-state index contributed by atoms with van der Waals surface area (Å²) in [4.78, 5) is 39.4. The molecule has 30 heavy (non-hydrogen) atoms. The second kappa shape index (κ2) is 9.06. The van der Waals surface area contributed by atoms with Gasteiger partial charge in [0.1, 0.15) is 11.7 Å². The zero-order chi connectivity index (χ0) is 21.9. The molecule has 0 aromatic carbocycles. The van der Waals surface area contributed by atoms with Crippen molar-refractivity contribution in [2.45, 2.75) is 51.7 Å². The molecule has 9 heteroatoms. The highest BCUT2D eigenvalue weighted by Crippen LogP contribution is 2.24. The molecule has 2 fully saturated rings. The van der Waals surface area contributed by atoms with Crippen molar-refractivity contribution >= 4 is 17.8 Å². The van der Waals surface area contributed by atoms with Gasteiger partial charge in [-0.2, -0.15) is 4.98 Å². The Morgan fingerprint density at radius 3 is 2.57 bits per heavy atom. The van der Waals surface area contributed by atoms with Crippen LogP contribution < -0.4 is 9.64 Å². The number of likely N-dealkylation sites (tertiary alicyclic amines) is 2. The summed E-state index contributed by atoms with van der Waals surface area (Å²) in [6, 6.07) is 0. The summed E-state index contributed by atoms with van der Waals surface area (Å²) in [5.41, 5.74) is -0.541. The van der Waals surface area contributed by atoms with E-state index in [4.69, 9.17) is 9.47 Å². The van der Waals surface area contributed by atoms with Gasteiger partial charge in [-0.3, -0.25) is 9.78 Å². The first-order valence-corrected chi connectivity index (χ1v) is 10.5. The monoisotopic (exact) mass is 419 g/mol. The van der Waals surface area contributed by atoms with E-state index in [1.165, 1.54) is 0 Å². The summed E-state index contributed by atoms with van der Waals surface area (Å²) < 4.78 is 11.4. The van der Waals surface area contributed by atoms with E-state index in [9.17, 15) is 9.59 Å². The molecule has 2 aliphatic rings. The van der Waals surface area contributed by atoms with Crippen molar-refractivity contribution in [2.75, 3.05) is 45.2 Å². The number of anilines is 1. The number of ether oxygens (including phenoxy) is 2. The number of aromatic nitrogens is 2.